The van der Waals surface area contributed by atoms with Crippen LogP contribution in [0.25, 0.3) is 10.9 Å². The molecule has 0 atom stereocenters. The van der Waals surface area contributed by atoms with Crippen LogP contribution in [-0.2, 0) is 6.54 Å². The average molecular weight is 303 g/mol. The number of rotatable bonds is 2. The lowest BCUT2D eigenvalue weighted by Gasteiger charge is -2.38. The zero-order valence-electron chi connectivity index (χ0n) is 12.6. The first-order chi connectivity index (χ1) is 9.98. The first kappa shape index (κ1) is 14.5. The number of aromatic nitrogens is 2. The fraction of sp³-hybridized carbons (Fsp3) is 0.500. The molecule has 0 amide bonds. The number of piperidine rings is 1. The number of fused-ring (bicyclic) bond motifs is 1. The van der Waals surface area contributed by atoms with Crippen molar-refractivity contribution in [3.05, 3.63) is 39.4 Å². The molecule has 5 heteroatoms. The molecule has 3 rings (SSSR count). The smallest absolute Gasteiger partial charge is 0.262 e. The summed E-state index contributed by atoms with van der Waals surface area (Å²) in [5.41, 5.74) is 0.979. The van der Waals surface area contributed by atoms with Crippen LogP contribution in [0.5, 0.6) is 0 Å². The van der Waals surface area contributed by atoms with Gasteiger partial charge in [-0.3, -0.25) is 9.36 Å². The SMILES string of the molecule is CN1CCC(C)(Cn2c(=S)[nH]c3ccccc3c2=O)CC1. The minimum absolute atomic E-state index is 0.0227. The lowest BCUT2D eigenvalue weighted by molar-refractivity contribution is 0.119. The van der Waals surface area contributed by atoms with E-state index in [-0.39, 0.29) is 11.0 Å². The van der Waals surface area contributed by atoms with Gasteiger partial charge in [0.1, 0.15) is 0 Å². The molecule has 0 unspecified atom stereocenters. The summed E-state index contributed by atoms with van der Waals surface area (Å²) in [4.78, 5) is 18.2. The molecule has 4 nitrogen and oxygen atoms in total. The molecule has 0 radical (unpaired) electrons. The van der Waals surface area contributed by atoms with Crippen molar-refractivity contribution < 1.29 is 0 Å². The van der Waals surface area contributed by atoms with Crippen LogP contribution in [0.2, 0.25) is 0 Å². The van der Waals surface area contributed by atoms with Crippen molar-refractivity contribution in [3.63, 3.8) is 0 Å². The van der Waals surface area contributed by atoms with Crippen molar-refractivity contribution in [1.29, 1.82) is 0 Å². The van der Waals surface area contributed by atoms with E-state index in [9.17, 15) is 4.79 Å². The first-order valence-electron chi connectivity index (χ1n) is 7.39. The maximum atomic E-state index is 12.7. The number of likely N-dealkylation sites (tertiary alicyclic amines) is 1. The van der Waals surface area contributed by atoms with E-state index in [1.54, 1.807) is 4.57 Å². The predicted molar refractivity (Wildman–Crippen MR) is 88.2 cm³/mol. The molecule has 21 heavy (non-hydrogen) atoms. The molecule has 1 fully saturated rings. The molecule has 0 spiro atoms. The summed E-state index contributed by atoms with van der Waals surface area (Å²) in [7, 11) is 2.15. The highest BCUT2D eigenvalue weighted by molar-refractivity contribution is 7.71. The Morgan fingerprint density at radius 2 is 1.95 bits per heavy atom. The van der Waals surface area contributed by atoms with Crippen molar-refractivity contribution >= 4 is 23.1 Å². The molecule has 1 aliphatic rings. The van der Waals surface area contributed by atoms with Crippen molar-refractivity contribution in [2.75, 3.05) is 20.1 Å². The maximum Gasteiger partial charge on any atom is 0.262 e. The Morgan fingerprint density at radius 1 is 1.29 bits per heavy atom. The van der Waals surface area contributed by atoms with Gasteiger partial charge in [0.05, 0.1) is 10.9 Å². The summed E-state index contributed by atoms with van der Waals surface area (Å²) < 4.78 is 2.27. The topological polar surface area (TPSA) is 41.0 Å². The molecule has 0 saturated carbocycles. The van der Waals surface area contributed by atoms with Crippen LogP contribution in [0.4, 0.5) is 0 Å². The largest absolute Gasteiger partial charge is 0.332 e. The molecule has 1 aromatic carbocycles. The standard InChI is InChI=1S/C16H21N3OS/c1-16(7-9-18(2)10-8-16)11-19-14(20)12-5-3-4-6-13(12)17-15(19)21/h3-6H,7-11H2,1-2H3,(H,17,21). The lowest BCUT2D eigenvalue weighted by Crippen LogP contribution is -2.40. The minimum Gasteiger partial charge on any atom is -0.332 e. The number of para-hydroxylation sites is 1. The fourth-order valence-corrected chi connectivity index (χ4v) is 3.30. The second-order valence-electron chi connectivity index (χ2n) is 6.48. The van der Waals surface area contributed by atoms with Gasteiger partial charge in [-0.1, -0.05) is 19.1 Å². The highest BCUT2D eigenvalue weighted by atomic mass is 32.1. The molecule has 2 aromatic rings. The van der Waals surface area contributed by atoms with Gasteiger partial charge in [-0.2, -0.15) is 0 Å². The van der Waals surface area contributed by atoms with Gasteiger partial charge in [0.15, 0.2) is 4.77 Å². The van der Waals surface area contributed by atoms with E-state index in [0.29, 0.717) is 16.7 Å². The Balaban J connectivity index is 2.01. The van der Waals surface area contributed by atoms with Gasteiger partial charge in [-0.15, -0.1) is 0 Å². The molecule has 2 heterocycles. The molecule has 1 aliphatic heterocycles. The molecular formula is C16H21N3OS. The normalized spacial score (nSPS) is 19.0. The van der Waals surface area contributed by atoms with E-state index >= 15 is 0 Å². The lowest BCUT2D eigenvalue weighted by atomic mass is 9.80. The summed E-state index contributed by atoms with van der Waals surface area (Å²) in [5, 5.41) is 0.711. The number of nitrogens with zero attached hydrogens (tertiary/aromatic N) is 2. The van der Waals surface area contributed by atoms with E-state index < -0.39 is 0 Å². The van der Waals surface area contributed by atoms with Crippen LogP contribution in [0.1, 0.15) is 19.8 Å². The average Bonchev–Trinajstić information content (AvgIpc) is 2.47. The maximum absolute atomic E-state index is 12.7. The third kappa shape index (κ3) is 2.80. The van der Waals surface area contributed by atoms with Gasteiger partial charge < -0.3 is 9.88 Å². The van der Waals surface area contributed by atoms with Crippen molar-refractivity contribution in [1.82, 2.24) is 14.5 Å². The number of hydrogen-bond acceptors (Lipinski definition) is 3. The third-order valence-electron chi connectivity index (χ3n) is 4.62. The van der Waals surface area contributed by atoms with Crippen LogP contribution in [0.3, 0.4) is 0 Å². The number of hydrogen-bond donors (Lipinski definition) is 1. The second kappa shape index (κ2) is 5.39. The van der Waals surface area contributed by atoms with E-state index in [1.807, 2.05) is 24.3 Å². The van der Waals surface area contributed by atoms with Gasteiger partial charge in [0.2, 0.25) is 0 Å². The van der Waals surface area contributed by atoms with Gasteiger partial charge in [-0.05, 0) is 62.7 Å². The van der Waals surface area contributed by atoms with Crippen molar-refractivity contribution in [2.45, 2.75) is 26.3 Å². The Labute approximate surface area is 129 Å². The molecule has 112 valence electrons. The Hall–Kier alpha value is -1.46. The number of aromatic amines is 1. The third-order valence-corrected chi connectivity index (χ3v) is 4.95. The van der Waals surface area contributed by atoms with Crippen LogP contribution in [0, 0.1) is 10.2 Å². The van der Waals surface area contributed by atoms with E-state index in [0.717, 1.165) is 31.4 Å². The van der Waals surface area contributed by atoms with Crippen LogP contribution in [-0.4, -0.2) is 34.6 Å². The zero-order valence-corrected chi connectivity index (χ0v) is 13.4. The Kier molecular flexibility index (Phi) is 3.71. The van der Waals surface area contributed by atoms with Crippen molar-refractivity contribution in [2.24, 2.45) is 5.41 Å². The van der Waals surface area contributed by atoms with E-state index in [1.165, 1.54) is 0 Å². The first-order valence-corrected chi connectivity index (χ1v) is 7.80. The molecule has 1 N–H and O–H groups in total. The van der Waals surface area contributed by atoms with Crippen LogP contribution >= 0.6 is 12.2 Å². The summed E-state index contributed by atoms with van der Waals surface area (Å²) in [5.74, 6) is 0. The van der Waals surface area contributed by atoms with E-state index in [4.69, 9.17) is 12.2 Å². The predicted octanol–water partition coefficient (Wildman–Crippen LogP) is 2.79. The zero-order chi connectivity index (χ0) is 15.0. The fourth-order valence-electron chi connectivity index (χ4n) is 3.04. The highest BCUT2D eigenvalue weighted by Gasteiger charge is 2.30. The van der Waals surface area contributed by atoms with E-state index in [2.05, 4.69) is 23.9 Å². The molecule has 0 bridgehead atoms. The highest BCUT2D eigenvalue weighted by Crippen LogP contribution is 2.31. The molecule has 1 saturated heterocycles. The van der Waals surface area contributed by atoms with Gasteiger partial charge in [0, 0.05) is 6.54 Å². The molecular weight excluding hydrogens is 282 g/mol. The monoisotopic (exact) mass is 303 g/mol. The van der Waals surface area contributed by atoms with Crippen LogP contribution in [0.15, 0.2) is 29.1 Å². The number of nitrogens with one attached hydrogen (secondary N) is 1. The Morgan fingerprint density at radius 3 is 2.67 bits per heavy atom. The summed E-state index contributed by atoms with van der Waals surface area (Å²) in [6, 6.07) is 7.56. The summed E-state index contributed by atoms with van der Waals surface area (Å²) >= 11 is 5.41. The summed E-state index contributed by atoms with van der Waals surface area (Å²) in [6.45, 7) is 5.11. The van der Waals surface area contributed by atoms with Gasteiger partial charge >= 0.3 is 0 Å². The minimum atomic E-state index is 0.0227. The van der Waals surface area contributed by atoms with Gasteiger partial charge in [-0.25, -0.2) is 0 Å². The quantitative estimate of drug-likeness (QED) is 0.867. The summed E-state index contributed by atoms with van der Waals surface area (Å²) in [6.07, 6.45) is 2.19. The molecule has 1 aromatic heterocycles. The van der Waals surface area contributed by atoms with Crippen LogP contribution < -0.4 is 5.56 Å². The Bertz CT molecular complexity index is 769. The second-order valence-corrected chi connectivity index (χ2v) is 6.87. The van der Waals surface area contributed by atoms with Gasteiger partial charge in [0.25, 0.3) is 5.56 Å². The number of H-pyrrole nitrogens is 1. The molecule has 0 aliphatic carbocycles. The number of benzene rings is 1. The van der Waals surface area contributed by atoms with Crippen molar-refractivity contribution in [3.8, 4) is 0 Å².